The summed E-state index contributed by atoms with van der Waals surface area (Å²) in [4.78, 5) is 28.6. The van der Waals surface area contributed by atoms with Crippen molar-refractivity contribution < 1.29 is 14.0 Å². The monoisotopic (exact) mass is 271 g/mol. The Bertz CT molecular complexity index is 732. The van der Waals surface area contributed by atoms with Gasteiger partial charge >= 0.3 is 0 Å². The first-order valence-electron chi connectivity index (χ1n) is 5.90. The van der Waals surface area contributed by atoms with Gasteiger partial charge in [0.05, 0.1) is 5.56 Å². The highest BCUT2D eigenvalue weighted by molar-refractivity contribution is 6.26. The van der Waals surface area contributed by atoms with Gasteiger partial charge in [-0.1, -0.05) is 18.2 Å². The summed E-state index contributed by atoms with van der Waals surface area (Å²) in [5.41, 5.74) is 3.88. The molecule has 0 fully saturated rings. The van der Waals surface area contributed by atoms with Gasteiger partial charge < -0.3 is 11.1 Å². The molecule has 1 unspecified atom stereocenters. The number of hydrogen-bond donors (Lipinski definition) is 2. The van der Waals surface area contributed by atoms with Gasteiger partial charge in [0.25, 0.3) is 5.91 Å². The quantitative estimate of drug-likeness (QED) is 0.763. The molecule has 1 aromatic heterocycles. The van der Waals surface area contributed by atoms with Crippen molar-refractivity contribution in [2.24, 2.45) is 5.73 Å². The van der Waals surface area contributed by atoms with Crippen molar-refractivity contribution in [1.82, 2.24) is 4.98 Å². The SMILES string of the molecule is NC1(c2ccccc2F)C(=O)Nc2ncccc2C1=O. The number of hydrogen-bond acceptors (Lipinski definition) is 4. The zero-order chi connectivity index (χ0) is 14.3. The fraction of sp³-hybridized carbons (Fsp3) is 0.0714. The molecule has 0 spiro atoms. The maximum absolute atomic E-state index is 13.9. The number of pyridine rings is 1. The van der Waals surface area contributed by atoms with Crippen molar-refractivity contribution in [1.29, 1.82) is 0 Å². The van der Waals surface area contributed by atoms with Gasteiger partial charge in [0, 0.05) is 11.8 Å². The fourth-order valence-corrected chi connectivity index (χ4v) is 2.24. The number of ketones is 1. The van der Waals surface area contributed by atoms with Crippen molar-refractivity contribution in [3.05, 3.63) is 59.5 Å². The molecule has 100 valence electrons. The summed E-state index contributed by atoms with van der Waals surface area (Å²) >= 11 is 0. The highest BCUT2D eigenvalue weighted by Crippen LogP contribution is 2.32. The van der Waals surface area contributed by atoms with Gasteiger partial charge in [-0.15, -0.1) is 0 Å². The number of benzene rings is 1. The maximum atomic E-state index is 13.9. The number of nitrogens with zero attached hydrogens (tertiary/aromatic N) is 1. The first kappa shape index (κ1) is 12.4. The summed E-state index contributed by atoms with van der Waals surface area (Å²) in [6.45, 7) is 0. The number of Topliss-reactive ketones (excluding diaryl/α,β-unsaturated/α-hetero) is 1. The van der Waals surface area contributed by atoms with Crippen molar-refractivity contribution in [3.63, 3.8) is 0 Å². The fourth-order valence-electron chi connectivity index (χ4n) is 2.24. The zero-order valence-corrected chi connectivity index (χ0v) is 10.3. The van der Waals surface area contributed by atoms with E-state index in [4.69, 9.17) is 5.73 Å². The van der Waals surface area contributed by atoms with Crippen LogP contribution in [0.1, 0.15) is 15.9 Å². The number of rotatable bonds is 1. The standard InChI is InChI=1S/C14H10FN3O2/c15-10-6-2-1-5-9(10)14(16)11(19)8-4-3-7-17-12(8)18-13(14)20/h1-7H,16H2,(H,17,18,20). The molecule has 0 saturated heterocycles. The van der Waals surface area contributed by atoms with E-state index < -0.39 is 23.0 Å². The van der Waals surface area contributed by atoms with Crippen LogP contribution in [0.5, 0.6) is 0 Å². The minimum Gasteiger partial charge on any atom is -0.308 e. The number of aromatic nitrogens is 1. The van der Waals surface area contributed by atoms with E-state index in [-0.39, 0.29) is 16.9 Å². The molecule has 0 aliphatic carbocycles. The van der Waals surface area contributed by atoms with Crippen LogP contribution in [0.3, 0.4) is 0 Å². The summed E-state index contributed by atoms with van der Waals surface area (Å²) in [5.74, 6) is -2.03. The van der Waals surface area contributed by atoms with E-state index in [0.717, 1.165) is 6.07 Å². The summed E-state index contributed by atoms with van der Waals surface area (Å²) in [6.07, 6.45) is 1.44. The highest BCUT2D eigenvalue weighted by Gasteiger charge is 2.49. The van der Waals surface area contributed by atoms with Gasteiger partial charge in [-0.05, 0) is 18.2 Å². The molecule has 5 nitrogen and oxygen atoms in total. The first-order chi connectivity index (χ1) is 9.55. The Kier molecular flexibility index (Phi) is 2.62. The van der Waals surface area contributed by atoms with Crippen molar-refractivity contribution >= 4 is 17.5 Å². The smallest absolute Gasteiger partial charge is 0.258 e. The molecule has 3 N–H and O–H groups in total. The van der Waals surface area contributed by atoms with Crippen molar-refractivity contribution in [2.75, 3.05) is 5.32 Å². The molecule has 6 heteroatoms. The molecular formula is C14H10FN3O2. The van der Waals surface area contributed by atoms with Crippen LogP contribution in [0.4, 0.5) is 10.2 Å². The average molecular weight is 271 g/mol. The topological polar surface area (TPSA) is 85.1 Å². The Morgan fingerprint density at radius 3 is 2.65 bits per heavy atom. The lowest BCUT2D eigenvalue weighted by Gasteiger charge is -2.31. The number of halogens is 1. The molecule has 1 aliphatic heterocycles. The van der Waals surface area contributed by atoms with Crippen LogP contribution < -0.4 is 11.1 Å². The van der Waals surface area contributed by atoms with Crippen LogP contribution in [0, 0.1) is 5.82 Å². The summed E-state index contributed by atoms with van der Waals surface area (Å²) < 4.78 is 13.9. The van der Waals surface area contributed by atoms with Crippen LogP contribution in [0.15, 0.2) is 42.6 Å². The molecule has 3 rings (SSSR count). The molecule has 0 saturated carbocycles. The van der Waals surface area contributed by atoms with E-state index >= 15 is 0 Å². The van der Waals surface area contributed by atoms with Crippen LogP contribution in [0.25, 0.3) is 0 Å². The van der Waals surface area contributed by atoms with Gasteiger partial charge in [0.2, 0.25) is 5.78 Å². The van der Waals surface area contributed by atoms with Gasteiger partial charge in [-0.25, -0.2) is 9.37 Å². The van der Waals surface area contributed by atoms with E-state index in [1.54, 1.807) is 6.07 Å². The Morgan fingerprint density at radius 1 is 1.15 bits per heavy atom. The summed E-state index contributed by atoms with van der Waals surface area (Å²) in [6, 6.07) is 8.51. The highest BCUT2D eigenvalue weighted by atomic mass is 19.1. The Hall–Kier alpha value is -2.60. The molecule has 0 radical (unpaired) electrons. The largest absolute Gasteiger partial charge is 0.308 e. The molecule has 1 aliphatic rings. The molecule has 1 amide bonds. The zero-order valence-electron chi connectivity index (χ0n) is 10.3. The van der Waals surface area contributed by atoms with Gasteiger partial charge in [-0.3, -0.25) is 9.59 Å². The van der Waals surface area contributed by atoms with Gasteiger partial charge in [0.1, 0.15) is 11.6 Å². The van der Waals surface area contributed by atoms with E-state index in [1.807, 2.05) is 0 Å². The second-order valence-corrected chi connectivity index (χ2v) is 4.47. The third-order valence-corrected chi connectivity index (χ3v) is 3.30. The van der Waals surface area contributed by atoms with Crippen LogP contribution >= 0.6 is 0 Å². The third-order valence-electron chi connectivity index (χ3n) is 3.30. The van der Waals surface area contributed by atoms with E-state index in [2.05, 4.69) is 10.3 Å². The lowest BCUT2D eigenvalue weighted by Crippen LogP contribution is -2.57. The third kappa shape index (κ3) is 1.55. The van der Waals surface area contributed by atoms with E-state index in [1.165, 1.54) is 30.5 Å². The second kappa shape index (κ2) is 4.21. The Morgan fingerprint density at radius 2 is 1.90 bits per heavy atom. The lowest BCUT2D eigenvalue weighted by molar-refractivity contribution is -0.120. The Labute approximate surface area is 113 Å². The first-order valence-corrected chi connectivity index (χ1v) is 5.90. The second-order valence-electron chi connectivity index (χ2n) is 4.47. The van der Waals surface area contributed by atoms with Crippen molar-refractivity contribution in [2.45, 2.75) is 5.54 Å². The van der Waals surface area contributed by atoms with E-state index in [0.29, 0.717) is 0 Å². The van der Waals surface area contributed by atoms with Gasteiger partial charge in [-0.2, -0.15) is 0 Å². The number of fused-ring (bicyclic) bond motifs is 1. The van der Waals surface area contributed by atoms with E-state index in [9.17, 15) is 14.0 Å². The molecule has 1 aromatic carbocycles. The molecule has 2 aromatic rings. The number of amides is 1. The molecule has 2 heterocycles. The van der Waals surface area contributed by atoms with Crippen LogP contribution in [-0.2, 0) is 10.3 Å². The minimum atomic E-state index is -2.08. The van der Waals surface area contributed by atoms with Crippen LogP contribution in [0.2, 0.25) is 0 Å². The summed E-state index contributed by atoms with van der Waals surface area (Å²) in [5, 5.41) is 2.44. The predicted molar refractivity (Wildman–Crippen MR) is 69.5 cm³/mol. The summed E-state index contributed by atoms with van der Waals surface area (Å²) in [7, 11) is 0. The Balaban J connectivity index is 2.23. The average Bonchev–Trinajstić information content (AvgIpc) is 2.45. The maximum Gasteiger partial charge on any atom is 0.258 e. The van der Waals surface area contributed by atoms with Crippen molar-refractivity contribution in [3.8, 4) is 0 Å². The molecular weight excluding hydrogens is 261 g/mol. The predicted octanol–water partition coefficient (Wildman–Crippen LogP) is 1.21. The van der Waals surface area contributed by atoms with Gasteiger partial charge in [0.15, 0.2) is 5.54 Å². The number of carbonyl (C=O) groups excluding carboxylic acids is 2. The van der Waals surface area contributed by atoms with Crippen LogP contribution in [-0.4, -0.2) is 16.7 Å². The molecule has 20 heavy (non-hydrogen) atoms. The number of nitrogens with one attached hydrogen (secondary N) is 1. The molecule has 0 bridgehead atoms. The normalized spacial score (nSPS) is 21.3. The minimum absolute atomic E-state index is 0.139. The number of carbonyl (C=O) groups is 2. The number of anilines is 1. The lowest BCUT2D eigenvalue weighted by atomic mass is 9.80. The molecule has 1 atom stereocenters. The number of nitrogens with two attached hydrogens (primary N) is 1.